The maximum atomic E-state index is 12.3. The molecular formula is C14H25N3O3. The highest BCUT2D eigenvalue weighted by molar-refractivity contribution is 5.82. The summed E-state index contributed by atoms with van der Waals surface area (Å²) in [7, 11) is 0. The Kier molecular flexibility index (Phi) is 4.52. The van der Waals surface area contributed by atoms with Gasteiger partial charge in [0.1, 0.15) is 5.60 Å². The molecule has 0 aromatic carbocycles. The lowest BCUT2D eigenvalue weighted by Gasteiger charge is -2.40. The van der Waals surface area contributed by atoms with Crippen LogP contribution < -0.4 is 5.32 Å². The van der Waals surface area contributed by atoms with Gasteiger partial charge in [0.25, 0.3) is 0 Å². The molecule has 2 rings (SSSR count). The summed E-state index contributed by atoms with van der Waals surface area (Å²) < 4.78 is 5.29. The molecule has 2 aliphatic rings. The molecule has 0 aliphatic carbocycles. The van der Waals surface area contributed by atoms with E-state index in [1.54, 1.807) is 4.90 Å². The van der Waals surface area contributed by atoms with E-state index in [1.807, 2.05) is 25.7 Å². The van der Waals surface area contributed by atoms with Crippen molar-refractivity contribution in [1.29, 1.82) is 0 Å². The summed E-state index contributed by atoms with van der Waals surface area (Å²) in [4.78, 5) is 27.6. The SMILES string of the molecule is CC(C)(C)OC(=O)N1CC(C(=O)N2CCCNCC2)C1. The molecular weight excluding hydrogens is 258 g/mol. The average Bonchev–Trinajstić information content (AvgIpc) is 2.52. The lowest BCUT2D eigenvalue weighted by atomic mass is 9.99. The van der Waals surface area contributed by atoms with Gasteiger partial charge in [-0.1, -0.05) is 0 Å². The molecule has 2 heterocycles. The third-order valence-electron chi connectivity index (χ3n) is 3.53. The van der Waals surface area contributed by atoms with Crippen molar-refractivity contribution in [3.8, 4) is 0 Å². The van der Waals surface area contributed by atoms with Gasteiger partial charge < -0.3 is 19.9 Å². The molecule has 0 atom stereocenters. The molecule has 2 saturated heterocycles. The number of hydrogen-bond donors (Lipinski definition) is 1. The molecule has 2 amide bonds. The summed E-state index contributed by atoms with van der Waals surface area (Å²) in [6, 6.07) is 0. The second-order valence-corrected chi connectivity index (χ2v) is 6.51. The number of nitrogens with zero attached hydrogens (tertiary/aromatic N) is 2. The minimum absolute atomic E-state index is 0.0550. The first-order valence-electron chi connectivity index (χ1n) is 7.34. The molecule has 114 valence electrons. The van der Waals surface area contributed by atoms with Crippen molar-refractivity contribution in [2.75, 3.05) is 39.3 Å². The van der Waals surface area contributed by atoms with E-state index in [9.17, 15) is 9.59 Å². The summed E-state index contributed by atoms with van der Waals surface area (Å²) in [6.45, 7) is 9.91. The fraction of sp³-hybridized carbons (Fsp3) is 0.857. The van der Waals surface area contributed by atoms with Gasteiger partial charge in [0.2, 0.25) is 5.91 Å². The lowest BCUT2D eigenvalue weighted by Crippen LogP contribution is -2.57. The Labute approximate surface area is 120 Å². The quantitative estimate of drug-likeness (QED) is 0.768. The lowest BCUT2D eigenvalue weighted by molar-refractivity contribution is -0.140. The number of ether oxygens (including phenoxy) is 1. The van der Waals surface area contributed by atoms with Gasteiger partial charge in [0, 0.05) is 32.7 Å². The predicted octanol–water partition coefficient (Wildman–Crippen LogP) is 0.675. The molecule has 0 spiro atoms. The molecule has 0 bridgehead atoms. The van der Waals surface area contributed by atoms with Crippen molar-refractivity contribution < 1.29 is 14.3 Å². The van der Waals surface area contributed by atoms with Crippen molar-refractivity contribution in [3.05, 3.63) is 0 Å². The van der Waals surface area contributed by atoms with Gasteiger partial charge >= 0.3 is 6.09 Å². The summed E-state index contributed by atoms with van der Waals surface area (Å²) in [5.74, 6) is 0.120. The van der Waals surface area contributed by atoms with E-state index in [1.165, 1.54) is 0 Å². The van der Waals surface area contributed by atoms with Gasteiger partial charge in [-0.25, -0.2) is 4.79 Å². The molecule has 6 nitrogen and oxygen atoms in total. The highest BCUT2D eigenvalue weighted by Gasteiger charge is 2.39. The van der Waals surface area contributed by atoms with E-state index in [0.29, 0.717) is 13.1 Å². The Balaban J connectivity index is 1.77. The predicted molar refractivity (Wildman–Crippen MR) is 75.4 cm³/mol. The summed E-state index contributed by atoms with van der Waals surface area (Å²) >= 11 is 0. The monoisotopic (exact) mass is 283 g/mol. The molecule has 2 fully saturated rings. The third kappa shape index (κ3) is 3.85. The third-order valence-corrected chi connectivity index (χ3v) is 3.53. The van der Waals surface area contributed by atoms with Crippen LogP contribution in [0.5, 0.6) is 0 Å². The van der Waals surface area contributed by atoms with Crippen molar-refractivity contribution >= 4 is 12.0 Å². The van der Waals surface area contributed by atoms with Gasteiger partial charge in [0.15, 0.2) is 0 Å². The van der Waals surface area contributed by atoms with E-state index in [-0.39, 0.29) is 17.9 Å². The Bertz CT molecular complexity index is 364. The average molecular weight is 283 g/mol. The molecule has 0 radical (unpaired) electrons. The number of amides is 2. The van der Waals surface area contributed by atoms with Gasteiger partial charge in [-0.2, -0.15) is 0 Å². The van der Waals surface area contributed by atoms with Gasteiger partial charge in [0.05, 0.1) is 5.92 Å². The van der Waals surface area contributed by atoms with E-state index in [0.717, 1.165) is 32.6 Å². The van der Waals surface area contributed by atoms with Crippen LogP contribution in [0.2, 0.25) is 0 Å². The van der Waals surface area contributed by atoms with Gasteiger partial charge in [-0.3, -0.25) is 4.79 Å². The van der Waals surface area contributed by atoms with E-state index >= 15 is 0 Å². The smallest absolute Gasteiger partial charge is 0.410 e. The zero-order valence-corrected chi connectivity index (χ0v) is 12.6. The Morgan fingerprint density at radius 2 is 1.80 bits per heavy atom. The summed E-state index contributed by atoms with van der Waals surface area (Å²) in [5, 5.41) is 3.28. The van der Waals surface area contributed by atoms with Crippen molar-refractivity contribution in [2.24, 2.45) is 5.92 Å². The van der Waals surface area contributed by atoms with Crippen LogP contribution in [-0.4, -0.2) is 66.7 Å². The highest BCUT2D eigenvalue weighted by atomic mass is 16.6. The molecule has 0 saturated carbocycles. The van der Waals surface area contributed by atoms with Crippen LogP contribution in [-0.2, 0) is 9.53 Å². The fourth-order valence-corrected chi connectivity index (χ4v) is 2.43. The number of hydrogen-bond acceptors (Lipinski definition) is 4. The largest absolute Gasteiger partial charge is 0.444 e. The first-order chi connectivity index (χ1) is 9.37. The van der Waals surface area contributed by atoms with Crippen LogP contribution >= 0.6 is 0 Å². The minimum Gasteiger partial charge on any atom is -0.444 e. The number of nitrogens with one attached hydrogen (secondary N) is 1. The normalized spacial score (nSPS) is 21.1. The van der Waals surface area contributed by atoms with Crippen LogP contribution in [0.15, 0.2) is 0 Å². The van der Waals surface area contributed by atoms with E-state index < -0.39 is 5.60 Å². The van der Waals surface area contributed by atoms with Crippen molar-refractivity contribution in [3.63, 3.8) is 0 Å². The standard InChI is InChI=1S/C14H25N3O3/c1-14(2,3)20-13(19)17-9-11(10-17)12(18)16-7-4-5-15-6-8-16/h11,15H,4-10H2,1-3H3. The molecule has 0 unspecified atom stereocenters. The number of rotatable bonds is 1. The molecule has 6 heteroatoms. The molecule has 0 aromatic rings. The Morgan fingerprint density at radius 3 is 2.45 bits per heavy atom. The minimum atomic E-state index is -0.483. The summed E-state index contributed by atoms with van der Waals surface area (Å²) in [6.07, 6.45) is 0.674. The molecule has 2 aliphatic heterocycles. The zero-order valence-electron chi connectivity index (χ0n) is 12.6. The van der Waals surface area contributed by atoms with Crippen molar-refractivity contribution in [1.82, 2.24) is 15.1 Å². The van der Waals surface area contributed by atoms with E-state index in [2.05, 4.69) is 5.32 Å². The van der Waals surface area contributed by atoms with Crippen LogP contribution in [0.3, 0.4) is 0 Å². The second kappa shape index (κ2) is 5.99. The van der Waals surface area contributed by atoms with Gasteiger partial charge in [-0.05, 0) is 33.7 Å². The molecule has 20 heavy (non-hydrogen) atoms. The van der Waals surface area contributed by atoms with Crippen LogP contribution in [0.4, 0.5) is 4.79 Å². The maximum Gasteiger partial charge on any atom is 0.410 e. The Morgan fingerprint density at radius 1 is 1.10 bits per heavy atom. The first kappa shape index (κ1) is 15.1. The number of carbonyl (C=O) groups is 2. The van der Waals surface area contributed by atoms with Crippen LogP contribution in [0.1, 0.15) is 27.2 Å². The zero-order chi connectivity index (χ0) is 14.8. The number of carbonyl (C=O) groups excluding carboxylic acids is 2. The van der Waals surface area contributed by atoms with Crippen molar-refractivity contribution in [2.45, 2.75) is 32.8 Å². The highest BCUT2D eigenvalue weighted by Crippen LogP contribution is 2.21. The van der Waals surface area contributed by atoms with Crippen LogP contribution in [0.25, 0.3) is 0 Å². The summed E-state index contributed by atoms with van der Waals surface area (Å²) in [5.41, 5.74) is -0.483. The maximum absolute atomic E-state index is 12.3. The van der Waals surface area contributed by atoms with Crippen LogP contribution in [0, 0.1) is 5.92 Å². The molecule has 0 aromatic heterocycles. The second-order valence-electron chi connectivity index (χ2n) is 6.51. The first-order valence-corrected chi connectivity index (χ1v) is 7.34. The van der Waals surface area contributed by atoms with E-state index in [4.69, 9.17) is 4.74 Å². The topological polar surface area (TPSA) is 61.9 Å². The number of likely N-dealkylation sites (tertiary alicyclic amines) is 1. The fourth-order valence-electron chi connectivity index (χ4n) is 2.43. The Hall–Kier alpha value is -1.30. The molecule has 1 N–H and O–H groups in total. The van der Waals surface area contributed by atoms with Gasteiger partial charge in [-0.15, -0.1) is 0 Å².